The van der Waals surface area contributed by atoms with Gasteiger partial charge in [0, 0.05) is 20.1 Å². The number of thiazole rings is 1. The van der Waals surface area contributed by atoms with Crippen LogP contribution in [0.1, 0.15) is 42.3 Å². The van der Waals surface area contributed by atoms with E-state index in [1.54, 1.807) is 0 Å². The van der Waals surface area contributed by atoms with Gasteiger partial charge in [-0.15, -0.1) is 0 Å². The van der Waals surface area contributed by atoms with E-state index in [1.165, 1.54) is 30.6 Å². The molecule has 6 heteroatoms. The number of hydrogen-bond donors (Lipinski definition) is 2. The number of aromatic nitrogens is 1. The topological polar surface area (TPSA) is 71.2 Å². The highest BCUT2D eigenvalue weighted by Gasteiger charge is 2.19. The Bertz CT molecular complexity index is 442. The van der Waals surface area contributed by atoms with Gasteiger partial charge in [0.25, 0.3) is 5.91 Å². The number of anilines is 2. The molecule has 0 unspecified atom stereocenters. The van der Waals surface area contributed by atoms with E-state index in [0.717, 1.165) is 30.6 Å². The minimum atomic E-state index is -0.0925. The molecule has 1 heterocycles. The summed E-state index contributed by atoms with van der Waals surface area (Å²) in [5.74, 6) is 1.05. The minimum Gasteiger partial charge on any atom is -0.382 e. The van der Waals surface area contributed by atoms with Crippen molar-refractivity contribution in [3.05, 3.63) is 4.88 Å². The number of nitrogens with one attached hydrogen (secondary N) is 1. The third kappa shape index (κ3) is 3.37. The summed E-state index contributed by atoms with van der Waals surface area (Å²) in [7, 11) is 1.94. The summed E-state index contributed by atoms with van der Waals surface area (Å²) < 4.78 is 0. The van der Waals surface area contributed by atoms with Crippen molar-refractivity contribution in [1.82, 2.24) is 10.3 Å². The first kappa shape index (κ1) is 14.1. The van der Waals surface area contributed by atoms with Crippen LogP contribution in [0.15, 0.2) is 0 Å². The van der Waals surface area contributed by atoms with Crippen LogP contribution in [0.2, 0.25) is 0 Å². The van der Waals surface area contributed by atoms with Crippen LogP contribution in [-0.2, 0) is 0 Å². The van der Waals surface area contributed by atoms with Gasteiger partial charge in [0.05, 0.1) is 0 Å². The predicted octanol–water partition coefficient (Wildman–Crippen LogP) is 2.10. The number of nitrogens with two attached hydrogens (primary N) is 1. The van der Waals surface area contributed by atoms with Crippen molar-refractivity contribution in [2.24, 2.45) is 5.92 Å². The van der Waals surface area contributed by atoms with Gasteiger partial charge in [0.15, 0.2) is 5.13 Å². The fourth-order valence-electron chi connectivity index (χ4n) is 2.03. The third-order valence-corrected chi connectivity index (χ3v) is 4.90. The summed E-state index contributed by atoms with van der Waals surface area (Å²) in [6, 6.07) is 0. The lowest BCUT2D eigenvalue weighted by Crippen LogP contribution is -2.27. The first-order valence-electron chi connectivity index (χ1n) is 6.87. The van der Waals surface area contributed by atoms with Crippen LogP contribution in [-0.4, -0.2) is 31.0 Å². The van der Waals surface area contributed by atoms with Gasteiger partial charge >= 0.3 is 0 Å². The molecule has 1 aliphatic rings. The SMILES string of the molecule is CCN(C)c1nc(N)c(C(=O)NCCC2CCC2)s1. The highest BCUT2D eigenvalue weighted by atomic mass is 32.1. The maximum absolute atomic E-state index is 12.0. The third-order valence-electron chi connectivity index (χ3n) is 3.71. The van der Waals surface area contributed by atoms with E-state index in [-0.39, 0.29) is 5.91 Å². The molecule has 0 bridgehead atoms. The van der Waals surface area contributed by atoms with Crippen LogP contribution < -0.4 is 16.0 Å². The van der Waals surface area contributed by atoms with Crippen molar-refractivity contribution >= 4 is 28.2 Å². The first-order chi connectivity index (χ1) is 9.11. The zero-order valence-electron chi connectivity index (χ0n) is 11.6. The standard InChI is InChI=1S/C13H22N4OS/c1-3-17(2)13-16-11(14)10(19-13)12(18)15-8-7-9-5-4-6-9/h9H,3-8,14H2,1-2H3,(H,15,18). The van der Waals surface area contributed by atoms with Crippen molar-refractivity contribution in [3.8, 4) is 0 Å². The molecule has 5 nitrogen and oxygen atoms in total. The summed E-state index contributed by atoms with van der Waals surface area (Å²) in [6.07, 6.45) is 5.04. The largest absolute Gasteiger partial charge is 0.382 e. The van der Waals surface area contributed by atoms with Crippen molar-refractivity contribution in [2.75, 3.05) is 30.8 Å². The van der Waals surface area contributed by atoms with E-state index in [4.69, 9.17) is 5.73 Å². The van der Waals surface area contributed by atoms with Gasteiger partial charge in [-0.2, -0.15) is 0 Å². The molecule has 1 aliphatic carbocycles. The van der Waals surface area contributed by atoms with Crippen LogP contribution in [0.25, 0.3) is 0 Å². The fourth-order valence-corrected chi connectivity index (χ4v) is 2.96. The second kappa shape index (κ2) is 6.23. The van der Waals surface area contributed by atoms with Crippen molar-refractivity contribution in [2.45, 2.75) is 32.6 Å². The molecule has 0 aliphatic heterocycles. The molecular weight excluding hydrogens is 260 g/mol. The molecule has 1 fully saturated rings. The van der Waals surface area contributed by atoms with E-state index in [2.05, 4.69) is 10.3 Å². The summed E-state index contributed by atoms with van der Waals surface area (Å²) in [6.45, 7) is 3.62. The Hall–Kier alpha value is -1.30. The minimum absolute atomic E-state index is 0.0925. The maximum atomic E-state index is 12.0. The van der Waals surface area contributed by atoms with Gasteiger partial charge < -0.3 is 16.0 Å². The Balaban J connectivity index is 1.88. The smallest absolute Gasteiger partial charge is 0.265 e. The summed E-state index contributed by atoms with van der Waals surface area (Å²) >= 11 is 1.36. The van der Waals surface area contributed by atoms with E-state index in [9.17, 15) is 4.79 Å². The van der Waals surface area contributed by atoms with Gasteiger partial charge in [-0.3, -0.25) is 4.79 Å². The van der Waals surface area contributed by atoms with E-state index >= 15 is 0 Å². The Kier molecular flexibility index (Phi) is 4.63. The second-order valence-corrected chi connectivity index (χ2v) is 6.04. The average Bonchev–Trinajstić information content (AvgIpc) is 2.73. The predicted molar refractivity (Wildman–Crippen MR) is 79.8 cm³/mol. The molecule has 106 valence electrons. The van der Waals surface area contributed by atoms with E-state index in [1.807, 2.05) is 18.9 Å². The van der Waals surface area contributed by atoms with Crippen LogP contribution in [0.3, 0.4) is 0 Å². The van der Waals surface area contributed by atoms with Crippen LogP contribution in [0.5, 0.6) is 0 Å². The van der Waals surface area contributed by atoms with Gasteiger partial charge in [-0.05, 0) is 19.3 Å². The lowest BCUT2D eigenvalue weighted by Gasteiger charge is -2.25. The number of nitrogens with zero attached hydrogens (tertiary/aromatic N) is 2. The van der Waals surface area contributed by atoms with Crippen LogP contribution >= 0.6 is 11.3 Å². The van der Waals surface area contributed by atoms with Crippen LogP contribution in [0, 0.1) is 5.92 Å². The number of hydrogen-bond acceptors (Lipinski definition) is 5. The number of carbonyl (C=O) groups is 1. The molecule has 0 radical (unpaired) electrons. The van der Waals surface area contributed by atoms with Gasteiger partial charge in [0.2, 0.25) is 0 Å². The lowest BCUT2D eigenvalue weighted by molar-refractivity contribution is 0.0953. The quantitative estimate of drug-likeness (QED) is 0.838. The molecule has 3 N–H and O–H groups in total. The van der Waals surface area contributed by atoms with Crippen molar-refractivity contribution in [3.63, 3.8) is 0 Å². The molecule has 1 saturated carbocycles. The fraction of sp³-hybridized carbons (Fsp3) is 0.692. The Morgan fingerprint density at radius 3 is 2.89 bits per heavy atom. The molecule has 0 saturated heterocycles. The summed E-state index contributed by atoms with van der Waals surface area (Å²) in [5, 5.41) is 3.74. The monoisotopic (exact) mass is 282 g/mol. The molecule has 0 spiro atoms. The van der Waals surface area contributed by atoms with Gasteiger partial charge in [-0.1, -0.05) is 30.6 Å². The van der Waals surface area contributed by atoms with Gasteiger partial charge in [-0.25, -0.2) is 4.98 Å². The zero-order chi connectivity index (χ0) is 13.8. The molecule has 0 aromatic carbocycles. The summed E-state index contributed by atoms with van der Waals surface area (Å²) in [5.41, 5.74) is 5.82. The second-order valence-electron chi connectivity index (χ2n) is 5.07. The highest BCUT2D eigenvalue weighted by molar-refractivity contribution is 7.18. The normalized spacial score (nSPS) is 15.1. The number of rotatable bonds is 6. The molecule has 1 aromatic rings. The zero-order valence-corrected chi connectivity index (χ0v) is 12.4. The summed E-state index contributed by atoms with van der Waals surface area (Å²) in [4.78, 5) is 18.8. The molecule has 19 heavy (non-hydrogen) atoms. The van der Waals surface area contributed by atoms with Crippen LogP contribution in [0.4, 0.5) is 10.9 Å². The van der Waals surface area contributed by atoms with E-state index < -0.39 is 0 Å². The maximum Gasteiger partial charge on any atom is 0.265 e. The molecule has 0 atom stereocenters. The molecular formula is C13H22N4OS. The highest BCUT2D eigenvalue weighted by Crippen LogP contribution is 2.29. The average molecular weight is 282 g/mol. The van der Waals surface area contributed by atoms with Crippen molar-refractivity contribution in [1.29, 1.82) is 0 Å². The Labute approximate surface area is 118 Å². The Morgan fingerprint density at radius 1 is 1.58 bits per heavy atom. The molecule has 1 aromatic heterocycles. The Morgan fingerprint density at radius 2 is 2.32 bits per heavy atom. The number of carbonyl (C=O) groups excluding carboxylic acids is 1. The van der Waals surface area contributed by atoms with Crippen molar-refractivity contribution < 1.29 is 4.79 Å². The van der Waals surface area contributed by atoms with E-state index in [0.29, 0.717) is 10.7 Å². The first-order valence-corrected chi connectivity index (χ1v) is 7.69. The van der Waals surface area contributed by atoms with Gasteiger partial charge in [0.1, 0.15) is 10.7 Å². The molecule has 2 rings (SSSR count). The molecule has 1 amide bonds. The number of nitrogen functional groups attached to an aromatic ring is 1. The number of amides is 1. The lowest BCUT2D eigenvalue weighted by atomic mass is 9.83.